The summed E-state index contributed by atoms with van der Waals surface area (Å²) in [5, 5.41) is 0. The van der Waals surface area contributed by atoms with E-state index < -0.39 is 23.5 Å². The zero-order chi connectivity index (χ0) is 22.0. The molecule has 4 atom stereocenters. The van der Waals surface area contributed by atoms with E-state index in [0.29, 0.717) is 17.5 Å². The summed E-state index contributed by atoms with van der Waals surface area (Å²) in [5.74, 6) is -0.333. The number of pyridine rings is 1. The minimum absolute atomic E-state index is 0.126. The molecule has 2 heterocycles. The number of hydrogen-bond acceptors (Lipinski definition) is 5. The smallest absolute Gasteiger partial charge is 0.283 e. The highest BCUT2D eigenvalue weighted by Crippen LogP contribution is 2.62. The lowest BCUT2D eigenvalue weighted by atomic mass is 9.59. The Balaban J connectivity index is 1.71. The SMILES string of the molecule is [2H]C1([2H])OC(N)=N[C@]12c1cc(-c3cccnc3F)ccc1C[C@@]21CC[C@H](OC)[C@@H](C)C1. The molecule has 1 saturated carbocycles. The number of nitrogens with two attached hydrogens (primary N) is 1. The second kappa shape index (κ2) is 6.52. The molecule has 5 nitrogen and oxygen atoms in total. The van der Waals surface area contributed by atoms with Crippen LogP contribution in [0.2, 0.25) is 0 Å². The predicted octanol–water partition coefficient (Wildman–Crippen LogP) is 3.81. The van der Waals surface area contributed by atoms with Crippen molar-refractivity contribution < 1.29 is 16.6 Å². The number of fused-ring (bicyclic) bond motifs is 3. The van der Waals surface area contributed by atoms with Crippen molar-refractivity contribution in [2.75, 3.05) is 13.7 Å². The third-order valence-corrected chi connectivity index (χ3v) is 7.00. The molecule has 5 rings (SSSR count). The number of hydrogen-bond donors (Lipinski definition) is 1. The van der Waals surface area contributed by atoms with Crippen LogP contribution >= 0.6 is 0 Å². The van der Waals surface area contributed by atoms with E-state index in [1.807, 2.05) is 18.2 Å². The molecular formula is C23H26FN3O2. The quantitative estimate of drug-likeness (QED) is 0.783. The summed E-state index contributed by atoms with van der Waals surface area (Å²) in [5.41, 5.74) is 6.91. The summed E-state index contributed by atoms with van der Waals surface area (Å²) in [4.78, 5) is 8.44. The monoisotopic (exact) mass is 397 g/mol. The van der Waals surface area contributed by atoms with Gasteiger partial charge in [0.2, 0.25) is 5.95 Å². The van der Waals surface area contributed by atoms with Crippen molar-refractivity contribution in [3.8, 4) is 11.1 Å². The first-order chi connectivity index (χ1) is 14.7. The second-order valence-electron chi connectivity index (χ2n) is 8.53. The Morgan fingerprint density at radius 1 is 1.38 bits per heavy atom. The van der Waals surface area contributed by atoms with E-state index >= 15 is 0 Å². The van der Waals surface area contributed by atoms with Crippen LogP contribution in [0, 0.1) is 17.3 Å². The molecule has 0 radical (unpaired) electrons. The number of benzene rings is 1. The van der Waals surface area contributed by atoms with Crippen LogP contribution in [0.5, 0.6) is 0 Å². The molecule has 29 heavy (non-hydrogen) atoms. The molecule has 2 spiro atoms. The lowest BCUT2D eigenvalue weighted by Gasteiger charge is -2.47. The molecule has 0 unspecified atom stereocenters. The first-order valence-electron chi connectivity index (χ1n) is 11.0. The van der Waals surface area contributed by atoms with Gasteiger partial charge in [-0.25, -0.2) is 9.98 Å². The van der Waals surface area contributed by atoms with Crippen LogP contribution in [0.1, 0.15) is 40.1 Å². The van der Waals surface area contributed by atoms with Gasteiger partial charge in [-0.15, -0.1) is 0 Å². The molecule has 0 saturated heterocycles. The van der Waals surface area contributed by atoms with Gasteiger partial charge in [0, 0.05) is 24.3 Å². The molecule has 1 aromatic carbocycles. The largest absolute Gasteiger partial charge is 0.462 e. The maximum absolute atomic E-state index is 14.4. The van der Waals surface area contributed by atoms with Crippen LogP contribution in [-0.2, 0) is 21.4 Å². The van der Waals surface area contributed by atoms with Gasteiger partial charge < -0.3 is 15.2 Å². The molecule has 2 aromatic rings. The summed E-state index contributed by atoms with van der Waals surface area (Å²) in [6.45, 7) is 0.0225. The molecule has 1 fully saturated rings. The number of rotatable bonds is 2. The van der Waals surface area contributed by atoms with Crippen molar-refractivity contribution in [3.63, 3.8) is 0 Å². The highest BCUT2D eigenvalue weighted by molar-refractivity contribution is 5.76. The van der Waals surface area contributed by atoms with Crippen molar-refractivity contribution >= 4 is 6.02 Å². The van der Waals surface area contributed by atoms with Crippen LogP contribution < -0.4 is 5.73 Å². The van der Waals surface area contributed by atoms with E-state index in [4.69, 9.17) is 17.9 Å². The van der Waals surface area contributed by atoms with E-state index in [9.17, 15) is 4.39 Å². The zero-order valence-electron chi connectivity index (χ0n) is 18.6. The summed E-state index contributed by atoms with van der Waals surface area (Å²) < 4.78 is 43.3. The Hall–Kier alpha value is -2.47. The van der Waals surface area contributed by atoms with Gasteiger partial charge in [-0.2, -0.15) is 4.39 Å². The van der Waals surface area contributed by atoms with Crippen molar-refractivity contribution in [1.82, 2.24) is 4.98 Å². The second-order valence-corrected chi connectivity index (χ2v) is 8.53. The minimum atomic E-state index is -2.12. The molecule has 0 bridgehead atoms. The fourth-order valence-electron chi connectivity index (χ4n) is 5.69. The van der Waals surface area contributed by atoms with Crippen molar-refractivity contribution in [3.05, 3.63) is 53.6 Å². The normalized spacial score (nSPS) is 35.8. The topological polar surface area (TPSA) is 69.7 Å². The molecule has 6 heteroatoms. The first kappa shape index (κ1) is 16.3. The third-order valence-electron chi connectivity index (χ3n) is 7.00. The van der Waals surface area contributed by atoms with Crippen LogP contribution in [0.25, 0.3) is 11.1 Å². The molecule has 0 amide bonds. The maximum atomic E-state index is 14.4. The van der Waals surface area contributed by atoms with E-state index in [1.165, 1.54) is 6.20 Å². The molecule has 1 aromatic heterocycles. The summed E-state index contributed by atoms with van der Waals surface area (Å²) >= 11 is 0. The van der Waals surface area contributed by atoms with Gasteiger partial charge in [0.15, 0.2) is 0 Å². The van der Waals surface area contributed by atoms with Crippen LogP contribution in [0.15, 0.2) is 41.5 Å². The van der Waals surface area contributed by atoms with Crippen molar-refractivity contribution in [2.24, 2.45) is 22.1 Å². The number of amidine groups is 1. The van der Waals surface area contributed by atoms with E-state index in [-0.39, 0.29) is 18.0 Å². The van der Waals surface area contributed by atoms with Crippen molar-refractivity contribution in [1.29, 1.82) is 0 Å². The molecule has 152 valence electrons. The zero-order valence-corrected chi connectivity index (χ0v) is 16.6. The average molecular weight is 397 g/mol. The summed E-state index contributed by atoms with van der Waals surface area (Å²) in [7, 11) is 1.72. The summed E-state index contributed by atoms with van der Waals surface area (Å²) in [6, 6.07) is 8.89. The fraction of sp³-hybridized carbons (Fsp3) is 0.478. The van der Waals surface area contributed by atoms with Gasteiger partial charge in [-0.1, -0.05) is 19.1 Å². The molecule has 3 aliphatic rings. The lowest BCUT2D eigenvalue weighted by Crippen LogP contribution is -2.48. The minimum Gasteiger partial charge on any atom is -0.462 e. The van der Waals surface area contributed by atoms with Crippen LogP contribution in [-0.4, -0.2) is 30.8 Å². The standard InChI is InChI=1S/C23H26FN3O2/c1-14-11-22(8-7-19(14)28-2)12-16-6-5-15(17-4-3-9-26-20(17)24)10-18(16)23(22)13-29-21(25)27-23/h3-6,9-10,14,19H,7-8,11-13H2,1-2H3,(H2,25,27)/t14-,19-,22-,23-/m0/s1/i13D2. The Morgan fingerprint density at radius 3 is 2.93 bits per heavy atom. The molecule has 1 aliphatic heterocycles. The third kappa shape index (κ3) is 2.61. The van der Waals surface area contributed by atoms with Gasteiger partial charge in [0.25, 0.3) is 6.02 Å². The molecule has 2 N–H and O–H groups in total. The van der Waals surface area contributed by atoms with E-state index in [1.54, 1.807) is 19.2 Å². The van der Waals surface area contributed by atoms with Gasteiger partial charge in [0.05, 0.1) is 8.85 Å². The number of ether oxygens (including phenoxy) is 2. The number of halogens is 1. The first-order valence-corrected chi connectivity index (χ1v) is 10.0. The number of methoxy groups -OCH3 is 1. The van der Waals surface area contributed by atoms with Crippen LogP contribution in [0.3, 0.4) is 0 Å². The lowest BCUT2D eigenvalue weighted by molar-refractivity contribution is -0.0445. The van der Waals surface area contributed by atoms with Gasteiger partial charge in [0.1, 0.15) is 12.1 Å². The van der Waals surface area contributed by atoms with E-state index in [2.05, 4.69) is 16.9 Å². The number of aliphatic imine (C=N–C) groups is 1. The Kier molecular flexibility index (Phi) is 3.68. The highest BCUT2D eigenvalue weighted by Gasteiger charge is 2.62. The maximum Gasteiger partial charge on any atom is 0.283 e. The Morgan fingerprint density at radius 2 is 2.24 bits per heavy atom. The fourth-order valence-corrected chi connectivity index (χ4v) is 5.69. The Labute approximate surface area is 173 Å². The van der Waals surface area contributed by atoms with Crippen molar-refractivity contribution in [2.45, 2.75) is 44.2 Å². The van der Waals surface area contributed by atoms with Gasteiger partial charge in [-0.3, -0.25) is 0 Å². The summed E-state index contributed by atoms with van der Waals surface area (Å²) in [6.07, 6.45) is 4.48. The van der Waals surface area contributed by atoms with E-state index in [0.717, 1.165) is 30.4 Å². The average Bonchev–Trinajstić information content (AvgIpc) is 3.13. The molecule has 2 aliphatic carbocycles. The molecular weight excluding hydrogens is 369 g/mol. The number of nitrogens with zero attached hydrogens (tertiary/aromatic N) is 2. The van der Waals surface area contributed by atoms with Crippen LogP contribution in [0.4, 0.5) is 4.39 Å². The number of aromatic nitrogens is 1. The Bertz CT molecular complexity index is 1080. The predicted molar refractivity (Wildman–Crippen MR) is 109 cm³/mol. The van der Waals surface area contributed by atoms with Gasteiger partial charge >= 0.3 is 0 Å². The highest BCUT2D eigenvalue weighted by atomic mass is 19.1. The van der Waals surface area contributed by atoms with Gasteiger partial charge in [-0.05, 0) is 66.5 Å².